The second kappa shape index (κ2) is 16.6. The summed E-state index contributed by atoms with van der Waals surface area (Å²) in [6.45, 7) is 13.2. The molecular weight excluding hydrogens is 735 g/mol. The Balaban J connectivity index is 1.08. The summed E-state index contributed by atoms with van der Waals surface area (Å²) < 4.78 is 9.70. The third-order valence-electron chi connectivity index (χ3n) is 11.9. The lowest BCUT2D eigenvalue weighted by Crippen LogP contribution is -2.51. The van der Waals surface area contributed by atoms with Crippen molar-refractivity contribution in [2.45, 2.75) is 78.9 Å². The maximum atomic E-state index is 13.8. The number of alkyl carbamates (subject to hydrolysis) is 1. The van der Waals surface area contributed by atoms with Gasteiger partial charge in [0.2, 0.25) is 11.8 Å². The summed E-state index contributed by atoms with van der Waals surface area (Å²) in [5, 5.41) is 2.72. The van der Waals surface area contributed by atoms with Gasteiger partial charge in [-0.1, -0.05) is 77.9 Å². The highest BCUT2D eigenvalue weighted by Gasteiger charge is 2.41. The Morgan fingerprint density at radius 1 is 0.690 bits per heavy atom. The highest BCUT2D eigenvalue weighted by Crippen LogP contribution is 2.39. The maximum absolute atomic E-state index is 13.8. The summed E-state index contributed by atoms with van der Waals surface area (Å²) >= 11 is 0. The number of H-pyrrole nitrogens is 2. The van der Waals surface area contributed by atoms with E-state index in [2.05, 4.69) is 77.7 Å². The summed E-state index contributed by atoms with van der Waals surface area (Å²) in [5.74, 6) is 0.946. The van der Waals surface area contributed by atoms with E-state index in [1.807, 2.05) is 49.6 Å². The lowest BCUT2D eigenvalue weighted by atomic mass is 9.91. The van der Waals surface area contributed by atoms with E-state index in [0.717, 1.165) is 68.8 Å². The largest absolute Gasteiger partial charge is 0.469 e. The summed E-state index contributed by atoms with van der Waals surface area (Å²) in [5.41, 5.74) is 7.63. The fourth-order valence-corrected chi connectivity index (χ4v) is 8.65. The third-order valence-corrected chi connectivity index (χ3v) is 11.9. The molecule has 5 aromatic rings. The molecule has 13 nitrogen and oxygen atoms in total. The predicted octanol–water partition coefficient (Wildman–Crippen LogP) is 7.81. The van der Waals surface area contributed by atoms with Crippen LogP contribution in [0.2, 0.25) is 0 Å². The first-order valence-electron chi connectivity index (χ1n) is 20.4. The van der Waals surface area contributed by atoms with E-state index in [1.165, 1.54) is 14.2 Å². The van der Waals surface area contributed by atoms with E-state index in [-0.39, 0.29) is 54.0 Å². The Morgan fingerprint density at radius 3 is 1.59 bits per heavy atom. The molecule has 306 valence electrons. The first kappa shape index (κ1) is 40.5. The highest BCUT2D eigenvalue weighted by atomic mass is 16.5. The van der Waals surface area contributed by atoms with Gasteiger partial charge in [-0.15, -0.1) is 0 Å². The Kier molecular flexibility index (Phi) is 11.6. The number of hydrogen-bond acceptors (Lipinski definition) is 8. The van der Waals surface area contributed by atoms with Crippen molar-refractivity contribution in [1.29, 1.82) is 0 Å². The normalized spacial score (nSPS) is 20.6. The fraction of sp³-hybridized carbons (Fsp3) is 0.467. The molecule has 3 N–H and O–H groups in total. The molecule has 2 aliphatic rings. The molecule has 6 atom stereocenters. The van der Waals surface area contributed by atoms with Crippen LogP contribution in [0.25, 0.3) is 44.3 Å². The van der Waals surface area contributed by atoms with Crippen LogP contribution in [0, 0.1) is 29.6 Å². The van der Waals surface area contributed by atoms with Gasteiger partial charge in [0.1, 0.15) is 17.7 Å². The molecule has 58 heavy (non-hydrogen) atoms. The van der Waals surface area contributed by atoms with Gasteiger partial charge in [0.25, 0.3) is 0 Å². The van der Waals surface area contributed by atoms with Crippen LogP contribution in [0.1, 0.15) is 84.5 Å². The van der Waals surface area contributed by atoms with Crippen LogP contribution in [0.15, 0.2) is 60.7 Å². The number of carbonyl (C=O) groups is 4. The number of carbonyl (C=O) groups excluding carboxylic acids is 4. The van der Waals surface area contributed by atoms with Gasteiger partial charge < -0.3 is 34.6 Å². The van der Waals surface area contributed by atoms with Gasteiger partial charge in [-0.25, -0.2) is 14.8 Å². The van der Waals surface area contributed by atoms with E-state index < -0.39 is 18.1 Å². The molecule has 3 aromatic carbocycles. The van der Waals surface area contributed by atoms with Crippen molar-refractivity contribution in [3.63, 3.8) is 0 Å². The van der Waals surface area contributed by atoms with Crippen LogP contribution < -0.4 is 5.32 Å². The standard InChI is InChI=1S/C45H55N7O6/c1-24(2)32(21-39(53)57-7)43(54)51-22-26(5)17-37(51)41-46-33-15-13-30(19-35(33)48-41)28-9-11-29(12-10-28)31-14-16-34-36(20-31)49-42(47-34)38-18-27(6)23-52(38)44(55)40(25(3)4)50-45(56)58-8/h9-16,19-20,24-27,32,37-38,40H,17-18,21-23H2,1-8H3,(H,46,48)(H,47,49)(H,50,56)/t26-,27-,32-,37-,38-,40?/m0/s1. The molecule has 0 radical (unpaired) electrons. The van der Waals surface area contributed by atoms with E-state index in [1.54, 1.807) is 0 Å². The molecule has 2 saturated heterocycles. The zero-order chi connectivity index (χ0) is 41.4. The average molecular weight is 790 g/mol. The second-order valence-electron chi connectivity index (χ2n) is 17.0. The second-order valence-corrected chi connectivity index (χ2v) is 17.0. The number of likely N-dealkylation sites (tertiary alicyclic amines) is 2. The van der Waals surface area contributed by atoms with Crippen molar-refractivity contribution in [3.05, 3.63) is 72.3 Å². The van der Waals surface area contributed by atoms with Gasteiger partial charge in [0.05, 0.1) is 60.7 Å². The molecule has 0 saturated carbocycles. The van der Waals surface area contributed by atoms with E-state index in [9.17, 15) is 19.2 Å². The van der Waals surface area contributed by atoms with Gasteiger partial charge in [-0.2, -0.15) is 0 Å². The van der Waals surface area contributed by atoms with E-state index in [4.69, 9.17) is 19.4 Å². The zero-order valence-corrected chi connectivity index (χ0v) is 34.7. The number of imidazole rings is 2. The molecule has 13 heteroatoms. The number of aromatic nitrogens is 4. The highest BCUT2D eigenvalue weighted by molar-refractivity contribution is 5.88. The predicted molar refractivity (Wildman–Crippen MR) is 222 cm³/mol. The van der Waals surface area contributed by atoms with Crippen molar-refractivity contribution in [1.82, 2.24) is 35.1 Å². The van der Waals surface area contributed by atoms with Crippen LogP contribution in [0.4, 0.5) is 4.79 Å². The molecule has 0 bridgehead atoms. The molecule has 7 rings (SSSR count). The van der Waals surface area contributed by atoms with Crippen LogP contribution >= 0.6 is 0 Å². The average Bonchev–Trinajstić information content (AvgIpc) is 4.01. The minimum Gasteiger partial charge on any atom is -0.469 e. The minimum atomic E-state index is -0.703. The number of rotatable bonds is 11. The van der Waals surface area contributed by atoms with Gasteiger partial charge in [-0.05, 0) is 83.0 Å². The Morgan fingerprint density at radius 2 is 1.16 bits per heavy atom. The van der Waals surface area contributed by atoms with Gasteiger partial charge in [-0.3, -0.25) is 14.4 Å². The molecule has 2 aromatic heterocycles. The van der Waals surface area contributed by atoms with Crippen molar-refractivity contribution in [3.8, 4) is 22.3 Å². The summed E-state index contributed by atoms with van der Waals surface area (Å²) in [6, 6.07) is 19.6. The van der Waals surface area contributed by atoms with Crippen LogP contribution in [-0.4, -0.2) is 87.0 Å². The first-order valence-corrected chi connectivity index (χ1v) is 20.4. The fourth-order valence-electron chi connectivity index (χ4n) is 8.65. The Labute approximate surface area is 339 Å². The number of methoxy groups -OCH3 is 2. The van der Waals surface area contributed by atoms with Crippen molar-refractivity contribution >= 4 is 45.9 Å². The lowest BCUT2D eigenvalue weighted by Gasteiger charge is -2.30. The van der Waals surface area contributed by atoms with Gasteiger partial charge >= 0.3 is 12.1 Å². The summed E-state index contributed by atoms with van der Waals surface area (Å²) in [4.78, 5) is 72.5. The Hall–Kier alpha value is -5.72. The number of ether oxygens (including phenoxy) is 2. The molecule has 4 heterocycles. The number of nitrogens with zero attached hydrogens (tertiary/aromatic N) is 4. The van der Waals surface area contributed by atoms with Crippen molar-refractivity contribution in [2.24, 2.45) is 29.6 Å². The van der Waals surface area contributed by atoms with Crippen LogP contribution in [0.5, 0.6) is 0 Å². The quantitative estimate of drug-likeness (QED) is 0.114. The number of hydrogen-bond donors (Lipinski definition) is 3. The molecule has 0 spiro atoms. The molecule has 3 amide bonds. The minimum absolute atomic E-state index is 0.00695. The number of fused-ring (bicyclic) bond motifs is 2. The van der Waals surface area contributed by atoms with Crippen LogP contribution in [0.3, 0.4) is 0 Å². The SMILES string of the molecule is COC(=O)C[C@H](C(=O)N1C[C@@H](C)C[C@H]1c1nc2ccc(-c3ccc(-c4ccc5nc([C@@H]6C[C@H](C)CN6C(=O)C(NC(=O)OC)C(C)C)[nH]c5c4)cc3)cc2[nH]1)C(C)C. The van der Waals surface area contributed by atoms with E-state index >= 15 is 0 Å². The van der Waals surface area contributed by atoms with Crippen molar-refractivity contribution < 1.29 is 28.7 Å². The first-order chi connectivity index (χ1) is 27.7. The number of nitrogens with one attached hydrogen (secondary N) is 3. The number of benzene rings is 3. The number of aromatic amines is 2. The van der Waals surface area contributed by atoms with Gasteiger partial charge in [0.15, 0.2) is 0 Å². The molecular formula is C45H55N7O6. The van der Waals surface area contributed by atoms with Crippen molar-refractivity contribution in [2.75, 3.05) is 27.3 Å². The zero-order valence-electron chi connectivity index (χ0n) is 34.7. The monoisotopic (exact) mass is 789 g/mol. The topological polar surface area (TPSA) is 163 Å². The van der Waals surface area contributed by atoms with Crippen LogP contribution in [-0.2, 0) is 23.9 Å². The van der Waals surface area contributed by atoms with Gasteiger partial charge in [0, 0.05) is 13.1 Å². The summed E-state index contributed by atoms with van der Waals surface area (Å²) in [7, 11) is 2.65. The lowest BCUT2D eigenvalue weighted by molar-refractivity contribution is -0.148. The van der Waals surface area contributed by atoms with E-state index in [0.29, 0.717) is 19.0 Å². The molecule has 2 aliphatic heterocycles. The maximum Gasteiger partial charge on any atom is 0.407 e. The molecule has 1 unspecified atom stereocenters. The Bertz CT molecular complexity index is 2150. The number of amides is 3. The molecule has 0 aliphatic carbocycles. The smallest absolute Gasteiger partial charge is 0.407 e. The third kappa shape index (κ3) is 8.17. The summed E-state index contributed by atoms with van der Waals surface area (Å²) in [6.07, 6.45) is 0.998. The molecule has 2 fully saturated rings. The number of esters is 1.